The fourth-order valence-corrected chi connectivity index (χ4v) is 1.53. The molecular weight excluding hydrogens is 190 g/mol. The summed E-state index contributed by atoms with van der Waals surface area (Å²) in [5.41, 5.74) is 2.33. The summed E-state index contributed by atoms with van der Waals surface area (Å²) in [7, 11) is 1.67. The van der Waals surface area contributed by atoms with E-state index in [0.717, 1.165) is 30.8 Å². The number of nitrogens with one attached hydrogen (secondary N) is 1. The molecule has 84 valence electrons. The number of aliphatic hydroxyl groups excluding tert-OH is 1. The van der Waals surface area contributed by atoms with Crippen molar-refractivity contribution < 1.29 is 9.84 Å². The first kappa shape index (κ1) is 11.9. The number of benzene rings is 1. The van der Waals surface area contributed by atoms with Crippen LogP contribution >= 0.6 is 0 Å². The Bertz CT molecular complexity index is 300. The number of aliphatic hydroxyl groups is 1. The van der Waals surface area contributed by atoms with Gasteiger partial charge in [0.25, 0.3) is 0 Å². The molecule has 1 aromatic rings. The van der Waals surface area contributed by atoms with E-state index in [1.165, 1.54) is 5.56 Å². The Morgan fingerprint density at radius 3 is 2.80 bits per heavy atom. The summed E-state index contributed by atoms with van der Waals surface area (Å²) in [4.78, 5) is 0. The van der Waals surface area contributed by atoms with Crippen molar-refractivity contribution >= 4 is 5.69 Å². The number of aryl methyl sites for hydroxylation is 1. The number of methoxy groups -OCH3 is 1. The van der Waals surface area contributed by atoms with Crippen LogP contribution < -0.4 is 10.1 Å². The van der Waals surface area contributed by atoms with Gasteiger partial charge in [0.05, 0.1) is 7.11 Å². The molecular formula is C12H19NO2. The van der Waals surface area contributed by atoms with Gasteiger partial charge in [-0.2, -0.15) is 0 Å². The largest absolute Gasteiger partial charge is 0.497 e. The first-order valence-electron chi connectivity index (χ1n) is 5.33. The third-order valence-corrected chi connectivity index (χ3v) is 2.29. The Hall–Kier alpha value is -1.22. The highest BCUT2D eigenvalue weighted by molar-refractivity contribution is 5.55. The lowest BCUT2D eigenvalue weighted by Gasteiger charge is -2.12. The van der Waals surface area contributed by atoms with E-state index < -0.39 is 0 Å². The Labute approximate surface area is 91.1 Å². The maximum atomic E-state index is 8.80. The minimum Gasteiger partial charge on any atom is -0.497 e. The van der Waals surface area contributed by atoms with Crippen LogP contribution in [-0.2, 0) is 6.42 Å². The number of ether oxygens (including phenoxy) is 1. The Morgan fingerprint density at radius 1 is 1.40 bits per heavy atom. The highest BCUT2D eigenvalue weighted by Gasteiger charge is 2.03. The van der Waals surface area contributed by atoms with Crippen molar-refractivity contribution in [3.05, 3.63) is 23.8 Å². The van der Waals surface area contributed by atoms with Crippen molar-refractivity contribution in [2.24, 2.45) is 0 Å². The quantitative estimate of drug-likeness (QED) is 0.753. The molecule has 2 N–H and O–H groups in total. The first-order valence-corrected chi connectivity index (χ1v) is 5.33. The van der Waals surface area contributed by atoms with Crippen LogP contribution in [0, 0.1) is 0 Å². The molecule has 3 heteroatoms. The van der Waals surface area contributed by atoms with Crippen LogP contribution in [-0.4, -0.2) is 25.4 Å². The molecule has 15 heavy (non-hydrogen) atoms. The van der Waals surface area contributed by atoms with E-state index in [-0.39, 0.29) is 6.61 Å². The number of rotatable bonds is 6. The van der Waals surface area contributed by atoms with Gasteiger partial charge in [0.15, 0.2) is 0 Å². The van der Waals surface area contributed by atoms with Crippen LogP contribution in [0.15, 0.2) is 18.2 Å². The van der Waals surface area contributed by atoms with Gasteiger partial charge < -0.3 is 15.2 Å². The summed E-state index contributed by atoms with van der Waals surface area (Å²) in [6, 6.07) is 6.00. The van der Waals surface area contributed by atoms with E-state index in [1.807, 2.05) is 18.2 Å². The normalized spacial score (nSPS) is 10.1. The molecule has 0 aliphatic heterocycles. The van der Waals surface area contributed by atoms with E-state index in [4.69, 9.17) is 9.84 Å². The minimum absolute atomic E-state index is 0.234. The van der Waals surface area contributed by atoms with E-state index in [1.54, 1.807) is 7.11 Å². The molecule has 0 saturated carbocycles. The Morgan fingerprint density at radius 2 is 2.20 bits per heavy atom. The summed E-state index contributed by atoms with van der Waals surface area (Å²) in [6.45, 7) is 3.19. The van der Waals surface area contributed by atoms with Gasteiger partial charge in [0.2, 0.25) is 0 Å². The van der Waals surface area contributed by atoms with Gasteiger partial charge in [0.1, 0.15) is 5.75 Å². The van der Waals surface area contributed by atoms with Crippen molar-refractivity contribution in [1.82, 2.24) is 0 Å². The Kier molecular flexibility index (Phi) is 4.98. The van der Waals surface area contributed by atoms with Crippen molar-refractivity contribution in [1.29, 1.82) is 0 Å². The molecule has 1 aromatic carbocycles. The molecule has 0 aromatic heterocycles. The van der Waals surface area contributed by atoms with Gasteiger partial charge in [-0.1, -0.05) is 6.07 Å². The Balaban J connectivity index is 2.82. The van der Waals surface area contributed by atoms with Crippen molar-refractivity contribution in [3.8, 4) is 5.75 Å². The highest BCUT2D eigenvalue weighted by Crippen LogP contribution is 2.23. The number of hydrogen-bond acceptors (Lipinski definition) is 3. The number of hydrogen-bond donors (Lipinski definition) is 2. The fourth-order valence-electron chi connectivity index (χ4n) is 1.53. The maximum absolute atomic E-state index is 8.80. The lowest BCUT2D eigenvalue weighted by Crippen LogP contribution is -2.02. The van der Waals surface area contributed by atoms with Crippen LogP contribution in [0.4, 0.5) is 5.69 Å². The van der Waals surface area contributed by atoms with E-state index >= 15 is 0 Å². The van der Waals surface area contributed by atoms with Crippen molar-refractivity contribution in [3.63, 3.8) is 0 Å². The molecule has 0 spiro atoms. The predicted octanol–water partition coefficient (Wildman–Crippen LogP) is 2.05. The third kappa shape index (κ3) is 3.44. The smallest absolute Gasteiger partial charge is 0.120 e. The van der Waals surface area contributed by atoms with Crippen LogP contribution in [0.25, 0.3) is 0 Å². The molecule has 0 unspecified atom stereocenters. The average molecular weight is 209 g/mol. The zero-order valence-corrected chi connectivity index (χ0v) is 9.42. The molecule has 0 atom stereocenters. The fraction of sp³-hybridized carbons (Fsp3) is 0.500. The van der Waals surface area contributed by atoms with Gasteiger partial charge in [-0.25, -0.2) is 0 Å². The van der Waals surface area contributed by atoms with Crippen LogP contribution in [0.5, 0.6) is 5.75 Å². The summed E-state index contributed by atoms with van der Waals surface area (Å²) in [5, 5.41) is 12.1. The van der Waals surface area contributed by atoms with Crippen LogP contribution in [0.1, 0.15) is 18.9 Å². The summed E-state index contributed by atoms with van der Waals surface area (Å²) < 4.78 is 5.17. The molecule has 1 rings (SSSR count). The van der Waals surface area contributed by atoms with E-state index in [9.17, 15) is 0 Å². The standard InChI is InChI=1S/C12H19NO2/c1-3-13-12-9-11(15-2)7-6-10(12)5-4-8-14/h6-7,9,13-14H,3-5,8H2,1-2H3. The van der Waals surface area contributed by atoms with Gasteiger partial charge in [-0.05, 0) is 31.4 Å². The molecule has 0 amide bonds. The molecule has 0 saturated heterocycles. The average Bonchev–Trinajstić information content (AvgIpc) is 2.27. The second-order valence-electron chi connectivity index (χ2n) is 3.38. The van der Waals surface area contributed by atoms with Gasteiger partial charge in [0, 0.05) is 24.9 Å². The number of anilines is 1. The maximum Gasteiger partial charge on any atom is 0.120 e. The summed E-state index contributed by atoms with van der Waals surface area (Å²) >= 11 is 0. The SMILES string of the molecule is CCNc1cc(OC)ccc1CCCO. The zero-order chi connectivity index (χ0) is 11.1. The third-order valence-electron chi connectivity index (χ3n) is 2.29. The second-order valence-corrected chi connectivity index (χ2v) is 3.38. The monoisotopic (exact) mass is 209 g/mol. The van der Waals surface area contributed by atoms with Crippen molar-refractivity contribution in [2.75, 3.05) is 25.6 Å². The molecule has 0 aliphatic carbocycles. The molecule has 3 nitrogen and oxygen atoms in total. The molecule has 0 heterocycles. The molecule has 0 fully saturated rings. The molecule has 0 radical (unpaired) electrons. The van der Waals surface area contributed by atoms with Crippen LogP contribution in [0.3, 0.4) is 0 Å². The first-order chi connectivity index (χ1) is 7.31. The molecule has 0 bridgehead atoms. The minimum atomic E-state index is 0.234. The van der Waals surface area contributed by atoms with E-state index in [2.05, 4.69) is 12.2 Å². The predicted molar refractivity (Wildman–Crippen MR) is 62.6 cm³/mol. The molecule has 0 aliphatic rings. The summed E-state index contributed by atoms with van der Waals surface area (Å²) in [6.07, 6.45) is 1.69. The van der Waals surface area contributed by atoms with Gasteiger partial charge in [-0.15, -0.1) is 0 Å². The topological polar surface area (TPSA) is 41.5 Å². The second kappa shape index (κ2) is 6.30. The lowest BCUT2D eigenvalue weighted by atomic mass is 10.1. The highest BCUT2D eigenvalue weighted by atomic mass is 16.5. The van der Waals surface area contributed by atoms with Gasteiger partial charge >= 0.3 is 0 Å². The zero-order valence-electron chi connectivity index (χ0n) is 9.42. The van der Waals surface area contributed by atoms with E-state index in [0.29, 0.717) is 0 Å². The van der Waals surface area contributed by atoms with Crippen molar-refractivity contribution in [2.45, 2.75) is 19.8 Å². The van der Waals surface area contributed by atoms with Crippen LogP contribution in [0.2, 0.25) is 0 Å². The van der Waals surface area contributed by atoms with Gasteiger partial charge in [-0.3, -0.25) is 0 Å². The summed E-state index contributed by atoms with van der Waals surface area (Å²) in [5.74, 6) is 0.860. The lowest BCUT2D eigenvalue weighted by molar-refractivity contribution is 0.288.